The van der Waals surface area contributed by atoms with Crippen LogP contribution in [0.4, 0.5) is 10.8 Å². The molecule has 0 unspecified atom stereocenters. The summed E-state index contributed by atoms with van der Waals surface area (Å²) in [4.78, 5) is 28.7. The van der Waals surface area contributed by atoms with Gasteiger partial charge in [-0.05, 0) is 43.0 Å². The first kappa shape index (κ1) is 18.8. The molecule has 6 heteroatoms. The topological polar surface area (TPSA) is 71.1 Å². The van der Waals surface area contributed by atoms with E-state index in [2.05, 4.69) is 15.6 Å². The number of carbonyl (C=O) groups is 2. The number of nitrogens with zero attached hydrogens (tertiary/aromatic N) is 1. The van der Waals surface area contributed by atoms with Gasteiger partial charge in [-0.3, -0.25) is 9.59 Å². The van der Waals surface area contributed by atoms with Crippen LogP contribution in [0.2, 0.25) is 0 Å². The van der Waals surface area contributed by atoms with Crippen molar-refractivity contribution < 1.29 is 9.59 Å². The van der Waals surface area contributed by atoms with Gasteiger partial charge in [0.25, 0.3) is 5.91 Å². The number of hydrogen-bond donors (Lipinski definition) is 2. The number of carbonyl (C=O) groups excluding carboxylic acids is 2. The fourth-order valence-corrected chi connectivity index (χ4v) is 3.28. The van der Waals surface area contributed by atoms with Gasteiger partial charge in [-0.15, -0.1) is 11.3 Å². The smallest absolute Gasteiger partial charge is 0.275 e. The van der Waals surface area contributed by atoms with Gasteiger partial charge in [-0.2, -0.15) is 0 Å². The summed E-state index contributed by atoms with van der Waals surface area (Å²) in [5, 5.41) is 7.71. The van der Waals surface area contributed by atoms with Crippen molar-refractivity contribution >= 4 is 34.0 Å². The summed E-state index contributed by atoms with van der Waals surface area (Å²) in [6.45, 7) is 3.91. The lowest BCUT2D eigenvalue weighted by molar-refractivity contribution is -0.116. The predicted octanol–water partition coefficient (Wildman–Crippen LogP) is 4.58. The van der Waals surface area contributed by atoms with Crippen LogP contribution >= 0.6 is 11.3 Å². The van der Waals surface area contributed by atoms with Gasteiger partial charge in [0.2, 0.25) is 5.91 Å². The molecule has 2 N–H and O–H groups in total. The number of anilines is 2. The maximum Gasteiger partial charge on any atom is 0.275 e. The molecule has 0 saturated heterocycles. The molecule has 0 atom stereocenters. The van der Waals surface area contributed by atoms with Crippen molar-refractivity contribution in [2.24, 2.45) is 0 Å². The second-order valence-corrected chi connectivity index (χ2v) is 7.20. The highest BCUT2D eigenvalue weighted by Gasteiger charge is 2.13. The Labute approximate surface area is 162 Å². The van der Waals surface area contributed by atoms with Crippen LogP contribution in [0.5, 0.6) is 0 Å². The van der Waals surface area contributed by atoms with E-state index >= 15 is 0 Å². The Kier molecular flexibility index (Phi) is 5.98. The molecule has 1 heterocycles. The van der Waals surface area contributed by atoms with Crippen LogP contribution in [0.25, 0.3) is 0 Å². The lowest BCUT2D eigenvalue weighted by Gasteiger charge is -2.08. The third-order valence-corrected chi connectivity index (χ3v) is 4.87. The zero-order chi connectivity index (χ0) is 19.2. The van der Waals surface area contributed by atoms with Crippen LogP contribution in [-0.4, -0.2) is 16.8 Å². The normalized spacial score (nSPS) is 10.4. The monoisotopic (exact) mass is 379 g/mol. The minimum Gasteiger partial charge on any atom is -0.320 e. The van der Waals surface area contributed by atoms with Crippen molar-refractivity contribution in [1.82, 2.24) is 4.98 Å². The quantitative estimate of drug-likeness (QED) is 0.658. The van der Waals surface area contributed by atoms with Gasteiger partial charge in [-0.25, -0.2) is 4.98 Å². The largest absolute Gasteiger partial charge is 0.320 e. The molecule has 0 aliphatic rings. The van der Waals surface area contributed by atoms with Gasteiger partial charge >= 0.3 is 0 Å². The van der Waals surface area contributed by atoms with Crippen molar-refractivity contribution in [3.8, 4) is 0 Å². The number of aromatic nitrogens is 1. The van der Waals surface area contributed by atoms with Crippen LogP contribution in [0.3, 0.4) is 0 Å². The van der Waals surface area contributed by atoms with Crippen molar-refractivity contribution in [2.75, 3.05) is 10.6 Å². The molecule has 0 fully saturated rings. The number of thiazole rings is 1. The highest BCUT2D eigenvalue weighted by Crippen LogP contribution is 2.20. The zero-order valence-corrected chi connectivity index (χ0v) is 16.1. The Morgan fingerprint density at radius 3 is 2.59 bits per heavy atom. The lowest BCUT2D eigenvalue weighted by atomic mass is 10.1. The molecule has 0 radical (unpaired) electrons. The first-order chi connectivity index (χ1) is 13.0. The second-order valence-electron chi connectivity index (χ2n) is 6.34. The van der Waals surface area contributed by atoms with E-state index in [1.165, 1.54) is 11.3 Å². The third kappa shape index (κ3) is 5.24. The van der Waals surface area contributed by atoms with E-state index in [1.807, 2.05) is 62.4 Å². The van der Waals surface area contributed by atoms with Gasteiger partial charge in [0.05, 0.1) is 0 Å². The maximum atomic E-state index is 12.4. The Morgan fingerprint density at radius 1 is 1.04 bits per heavy atom. The van der Waals surface area contributed by atoms with E-state index in [4.69, 9.17) is 0 Å². The molecule has 3 aromatic rings. The third-order valence-electron chi connectivity index (χ3n) is 4.11. The Bertz CT molecular complexity index is 951. The molecule has 1 aromatic heterocycles. The first-order valence-electron chi connectivity index (χ1n) is 8.69. The van der Waals surface area contributed by atoms with Crippen molar-refractivity contribution in [1.29, 1.82) is 0 Å². The second kappa shape index (κ2) is 8.60. The molecule has 2 aromatic carbocycles. The van der Waals surface area contributed by atoms with Gasteiger partial charge in [0.1, 0.15) is 5.69 Å². The standard InChI is InChI=1S/C21H21N3O2S/c1-14-8-9-15(2)17(12-14)22-20(26)18-13-27-21(23-18)24-19(25)11-10-16-6-4-3-5-7-16/h3-9,12-13H,10-11H2,1-2H3,(H,22,26)(H,23,24,25). The van der Waals surface area contributed by atoms with E-state index in [0.717, 1.165) is 22.4 Å². The van der Waals surface area contributed by atoms with E-state index in [0.29, 0.717) is 23.7 Å². The summed E-state index contributed by atoms with van der Waals surface area (Å²) in [5.74, 6) is -0.403. The van der Waals surface area contributed by atoms with Crippen LogP contribution in [0.1, 0.15) is 33.6 Å². The molecule has 0 saturated carbocycles. The molecule has 138 valence electrons. The molecule has 0 bridgehead atoms. The number of benzene rings is 2. The molecule has 2 amide bonds. The summed E-state index contributed by atoms with van der Waals surface area (Å²) < 4.78 is 0. The van der Waals surface area contributed by atoms with E-state index < -0.39 is 0 Å². The lowest BCUT2D eigenvalue weighted by Crippen LogP contribution is -2.15. The van der Waals surface area contributed by atoms with E-state index in [1.54, 1.807) is 5.38 Å². The summed E-state index contributed by atoms with van der Waals surface area (Å²) >= 11 is 1.24. The van der Waals surface area contributed by atoms with E-state index in [9.17, 15) is 9.59 Å². The van der Waals surface area contributed by atoms with Crippen molar-refractivity contribution in [3.05, 3.63) is 76.3 Å². The number of aryl methyl sites for hydroxylation is 3. The average Bonchev–Trinajstić information content (AvgIpc) is 3.12. The van der Waals surface area contributed by atoms with Gasteiger partial charge < -0.3 is 10.6 Å². The minimum atomic E-state index is -0.287. The molecule has 0 aliphatic heterocycles. The number of rotatable bonds is 6. The Balaban J connectivity index is 1.56. The van der Waals surface area contributed by atoms with Gasteiger partial charge in [-0.1, -0.05) is 42.5 Å². The predicted molar refractivity (Wildman–Crippen MR) is 109 cm³/mol. The fourth-order valence-electron chi connectivity index (χ4n) is 2.58. The minimum absolute atomic E-state index is 0.116. The molecule has 5 nitrogen and oxygen atoms in total. The summed E-state index contributed by atoms with van der Waals surface area (Å²) in [5.41, 5.74) is 4.22. The van der Waals surface area contributed by atoms with E-state index in [-0.39, 0.29) is 11.8 Å². The average molecular weight is 379 g/mol. The molecule has 0 spiro atoms. The van der Waals surface area contributed by atoms with Crippen LogP contribution in [0, 0.1) is 13.8 Å². The Morgan fingerprint density at radius 2 is 1.81 bits per heavy atom. The molecule has 0 aliphatic carbocycles. The van der Waals surface area contributed by atoms with Crippen LogP contribution < -0.4 is 10.6 Å². The van der Waals surface area contributed by atoms with Crippen LogP contribution in [0.15, 0.2) is 53.9 Å². The SMILES string of the molecule is Cc1ccc(C)c(NC(=O)c2csc(NC(=O)CCc3ccccc3)n2)c1. The maximum absolute atomic E-state index is 12.4. The number of nitrogens with one attached hydrogen (secondary N) is 2. The highest BCUT2D eigenvalue weighted by molar-refractivity contribution is 7.14. The highest BCUT2D eigenvalue weighted by atomic mass is 32.1. The van der Waals surface area contributed by atoms with Gasteiger partial charge in [0, 0.05) is 17.5 Å². The Hall–Kier alpha value is -2.99. The number of hydrogen-bond acceptors (Lipinski definition) is 4. The van der Waals surface area contributed by atoms with Crippen molar-refractivity contribution in [2.45, 2.75) is 26.7 Å². The summed E-state index contributed by atoms with van der Waals surface area (Å²) in [6.07, 6.45) is 1.03. The molecule has 27 heavy (non-hydrogen) atoms. The molecule has 3 rings (SSSR count). The zero-order valence-electron chi connectivity index (χ0n) is 15.3. The van der Waals surface area contributed by atoms with Gasteiger partial charge in [0.15, 0.2) is 5.13 Å². The molecular weight excluding hydrogens is 358 g/mol. The summed E-state index contributed by atoms with van der Waals surface area (Å²) in [6, 6.07) is 15.7. The first-order valence-corrected chi connectivity index (χ1v) is 9.57. The van der Waals surface area contributed by atoms with Crippen LogP contribution in [-0.2, 0) is 11.2 Å². The summed E-state index contributed by atoms with van der Waals surface area (Å²) in [7, 11) is 0. The van der Waals surface area contributed by atoms with Crippen molar-refractivity contribution in [3.63, 3.8) is 0 Å². The molecular formula is C21H21N3O2S. The number of amides is 2. The fraction of sp³-hybridized carbons (Fsp3) is 0.190.